The molecule has 0 aliphatic rings. The Morgan fingerprint density at radius 3 is 2.55 bits per heavy atom. The maximum atomic E-state index is 4.39. The zero-order chi connectivity index (χ0) is 8.27. The van der Waals surface area contributed by atoms with Crippen molar-refractivity contribution in [2.24, 2.45) is 0 Å². The SMILES string of the molecule is BrCc1cc(Br)cc(CI)n1. The lowest BCUT2D eigenvalue weighted by Gasteiger charge is -1.99. The number of rotatable bonds is 2. The van der Waals surface area contributed by atoms with E-state index in [0.717, 1.165) is 25.6 Å². The molecule has 0 fully saturated rings. The molecular weight excluding hydrogens is 385 g/mol. The molecule has 0 radical (unpaired) electrons. The smallest absolute Gasteiger partial charge is 0.0523 e. The lowest BCUT2D eigenvalue weighted by molar-refractivity contribution is 1.10. The Bertz CT molecular complexity index is 230. The molecule has 1 rings (SSSR count). The molecule has 0 saturated heterocycles. The van der Waals surface area contributed by atoms with Gasteiger partial charge in [0.25, 0.3) is 0 Å². The molecule has 0 aliphatic heterocycles. The highest BCUT2D eigenvalue weighted by molar-refractivity contribution is 14.1. The molecule has 0 unspecified atom stereocenters. The van der Waals surface area contributed by atoms with Crippen LogP contribution >= 0.6 is 54.5 Å². The summed E-state index contributed by atoms with van der Waals surface area (Å²) in [6.07, 6.45) is 0. The number of hydrogen-bond acceptors (Lipinski definition) is 1. The van der Waals surface area contributed by atoms with Gasteiger partial charge in [-0.2, -0.15) is 0 Å². The first kappa shape index (κ1) is 9.92. The minimum Gasteiger partial charge on any atom is -0.256 e. The third kappa shape index (κ3) is 2.99. The van der Waals surface area contributed by atoms with E-state index >= 15 is 0 Å². The van der Waals surface area contributed by atoms with Crippen LogP contribution in [0, 0.1) is 0 Å². The molecule has 1 aromatic rings. The topological polar surface area (TPSA) is 12.9 Å². The molecule has 0 saturated carbocycles. The van der Waals surface area contributed by atoms with Crippen LogP contribution in [0.15, 0.2) is 16.6 Å². The predicted molar refractivity (Wildman–Crippen MR) is 62.3 cm³/mol. The van der Waals surface area contributed by atoms with E-state index in [1.54, 1.807) is 0 Å². The van der Waals surface area contributed by atoms with Crippen LogP contribution in [0.4, 0.5) is 0 Å². The summed E-state index contributed by atoms with van der Waals surface area (Å²) in [6, 6.07) is 4.06. The maximum absolute atomic E-state index is 4.39. The number of aromatic nitrogens is 1. The summed E-state index contributed by atoms with van der Waals surface area (Å²) in [5, 5.41) is 0.816. The van der Waals surface area contributed by atoms with Crippen LogP contribution in [0.1, 0.15) is 11.4 Å². The van der Waals surface area contributed by atoms with Crippen molar-refractivity contribution >= 4 is 54.5 Å². The molecule has 0 bridgehead atoms. The van der Waals surface area contributed by atoms with E-state index in [2.05, 4.69) is 59.4 Å². The van der Waals surface area contributed by atoms with Crippen molar-refractivity contribution in [3.63, 3.8) is 0 Å². The number of alkyl halides is 2. The highest BCUT2D eigenvalue weighted by Crippen LogP contribution is 2.16. The van der Waals surface area contributed by atoms with Crippen LogP contribution < -0.4 is 0 Å². The van der Waals surface area contributed by atoms with E-state index in [-0.39, 0.29) is 0 Å². The van der Waals surface area contributed by atoms with Crippen molar-refractivity contribution in [1.29, 1.82) is 0 Å². The highest BCUT2D eigenvalue weighted by Gasteiger charge is 1.97. The van der Waals surface area contributed by atoms with Crippen molar-refractivity contribution in [1.82, 2.24) is 4.98 Å². The normalized spacial score (nSPS) is 10.1. The second-order valence-electron chi connectivity index (χ2n) is 2.04. The molecule has 0 atom stereocenters. The van der Waals surface area contributed by atoms with E-state index < -0.39 is 0 Å². The largest absolute Gasteiger partial charge is 0.256 e. The van der Waals surface area contributed by atoms with E-state index in [0.29, 0.717) is 0 Å². The third-order valence-corrected chi connectivity index (χ3v) is 2.98. The average Bonchev–Trinajstić information content (AvgIpc) is 2.03. The Morgan fingerprint density at radius 2 is 2.00 bits per heavy atom. The fourth-order valence-electron chi connectivity index (χ4n) is 0.746. The lowest BCUT2D eigenvalue weighted by atomic mass is 10.3. The summed E-state index contributed by atoms with van der Waals surface area (Å²) in [4.78, 5) is 4.39. The zero-order valence-electron chi connectivity index (χ0n) is 5.65. The van der Waals surface area contributed by atoms with Crippen LogP contribution in [0.25, 0.3) is 0 Å². The average molecular weight is 391 g/mol. The second kappa shape index (κ2) is 4.77. The summed E-state index contributed by atoms with van der Waals surface area (Å²) >= 11 is 9.10. The van der Waals surface area contributed by atoms with Crippen molar-refractivity contribution in [2.75, 3.05) is 0 Å². The van der Waals surface area contributed by atoms with E-state index in [9.17, 15) is 0 Å². The minimum atomic E-state index is 0.816. The van der Waals surface area contributed by atoms with Gasteiger partial charge in [0.05, 0.1) is 11.4 Å². The first-order chi connectivity index (χ1) is 5.26. The van der Waals surface area contributed by atoms with Crippen LogP contribution in [0.5, 0.6) is 0 Å². The van der Waals surface area contributed by atoms with Gasteiger partial charge in [-0.15, -0.1) is 0 Å². The van der Waals surface area contributed by atoms with Crippen LogP contribution in [0.3, 0.4) is 0 Å². The fourth-order valence-corrected chi connectivity index (χ4v) is 1.95. The molecule has 1 aromatic heterocycles. The van der Waals surface area contributed by atoms with E-state index in [4.69, 9.17) is 0 Å². The first-order valence-electron chi connectivity index (χ1n) is 3.03. The molecule has 0 spiro atoms. The molecule has 1 heterocycles. The van der Waals surface area contributed by atoms with E-state index in [1.165, 1.54) is 0 Å². The Labute approximate surface area is 96.4 Å². The van der Waals surface area contributed by atoms with Gasteiger partial charge in [-0.1, -0.05) is 54.5 Å². The van der Waals surface area contributed by atoms with Gasteiger partial charge in [-0.05, 0) is 12.1 Å². The Hall–Kier alpha value is 0.840. The van der Waals surface area contributed by atoms with E-state index in [1.807, 2.05) is 12.1 Å². The molecule has 11 heavy (non-hydrogen) atoms. The third-order valence-electron chi connectivity index (χ3n) is 1.17. The van der Waals surface area contributed by atoms with Crippen molar-refractivity contribution < 1.29 is 0 Å². The molecule has 0 N–H and O–H groups in total. The number of hydrogen-bond donors (Lipinski definition) is 0. The number of halogens is 3. The Balaban J connectivity index is 3.02. The van der Waals surface area contributed by atoms with Gasteiger partial charge in [0.2, 0.25) is 0 Å². The van der Waals surface area contributed by atoms with Crippen molar-refractivity contribution in [3.8, 4) is 0 Å². The standard InChI is InChI=1S/C7H6Br2IN/c8-3-6-1-5(9)2-7(4-10)11-6/h1-2H,3-4H2. The van der Waals surface area contributed by atoms with Crippen LogP contribution in [-0.4, -0.2) is 4.98 Å². The summed E-state index contributed by atoms with van der Waals surface area (Å²) in [5.41, 5.74) is 2.19. The summed E-state index contributed by atoms with van der Waals surface area (Å²) in [6.45, 7) is 0. The summed E-state index contributed by atoms with van der Waals surface area (Å²) < 4.78 is 2.06. The quantitative estimate of drug-likeness (QED) is 0.554. The van der Waals surface area contributed by atoms with Crippen LogP contribution in [-0.2, 0) is 9.76 Å². The number of nitrogens with zero attached hydrogens (tertiary/aromatic N) is 1. The van der Waals surface area contributed by atoms with Gasteiger partial charge in [0, 0.05) is 14.2 Å². The monoisotopic (exact) mass is 389 g/mol. The minimum absolute atomic E-state index is 0.816. The molecule has 0 aromatic carbocycles. The zero-order valence-corrected chi connectivity index (χ0v) is 11.0. The Morgan fingerprint density at radius 1 is 1.36 bits per heavy atom. The van der Waals surface area contributed by atoms with Gasteiger partial charge < -0.3 is 0 Å². The second-order valence-corrected chi connectivity index (χ2v) is 4.27. The van der Waals surface area contributed by atoms with Crippen molar-refractivity contribution in [2.45, 2.75) is 9.76 Å². The number of pyridine rings is 1. The molecule has 4 heteroatoms. The summed E-state index contributed by atoms with van der Waals surface area (Å²) in [5.74, 6) is 0. The van der Waals surface area contributed by atoms with Gasteiger partial charge in [-0.3, -0.25) is 4.98 Å². The van der Waals surface area contributed by atoms with Gasteiger partial charge in [0.15, 0.2) is 0 Å². The molecule has 1 nitrogen and oxygen atoms in total. The van der Waals surface area contributed by atoms with Crippen molar-refractivity contribution in [3.05, 3.63) is 28.0 Å². The van der Waals surface area contributed by atoms with Crippen LogP contribution in [0.2, 0.25) is 0 Å². The first-order valence-corrected chi connectivity index (χ1v) is 6.47. The maximum Gasteiger partial charge on any atom is 0.0523 e. The molecule has 0 amide bonds. The van der Waals surface area contributed by atoms with Gasteiger partial charge in [-0.25, -0.2) is 0 Å². The lowest BCUT2D eigenvalue weighted by Crippen LogP contribution is -1.90. The predicted octanol–water partition coefficient (Wildman–Crippen LogP) is 3.67. The molecule has 0 aliphatic carbocycles. The molecular formula is C7H6Br2IN. The molecule has 60 valence electrons. The Kier molecular flexibility index (Phi) is 4.30. The van der Waals surface area contributed by atoms with Gasteiger partial charge in [0.1, 0.15) is 0 Å². The highest BCUT2D eigenvalue weighted by atomic mass is 127. The summed E-state index contributed by atoms with van der Waals surface area (Å²) in [7, 11) is 0. The van der Waals surface area contributed by atoms with Gasteiger partial charge >= 0.3 is 0 Å². The fraction of sp³-hybridized carbons (Fsp3) is 0.286.